The van der Waals surface area contributed by atoms with E-state index < -0.39 is 6.09 Å². The normalized spacial score (nSPS) is 15.7. The highest BCUT2D eigenvalue weighted by Crippen LogP contribution is 2.39. The standard InChI is InChI=1S/C24H17Cl2IN2O2/c25-15-3-8-18(9-4-15)31-24(30)29-12-11-19-20-13-16(26)5-10-21(20)28-22(19)23(29)14-1-6-17(27)7-2-14/h1-10,13,23,28H,11-12H2. The first-order valence-electron chi connectivity index (χ1n) is 9.79. The molecule has 1 aromatic heterocycles. The highest BCUT2D eigenvalue weighted by atomic mass is 127. The summed E-state index contributed by atoms with van der Waals surface area (Å²) in [7, 11) is 0. The lowest BCUT2D eigenvalue weighted by atomic mass is 9.93. The smallest absolute Gasteiger partial charge is 0.410 e. The van der Waals surface area contributed by atoms with E-state index >= 15 is 0 Å². The minimum absolute atomic E-state index is 0.285. The molecule has 1 N–H and O–H groups in total. The van der Waals surface area contributed by atoms with Gasteiger partial charge in [-0.3, -0.25) is 4.90 Å². The highest BCUT2D eigenvalue weighted by Gasteiger charge is 2.35. The van der Waals surface area contributed by atoms with Crippen LogP contribution in [0, 0.1) is 3.57 Å². The fraction of sp³-hybridized carbons (Fsp3) is 0.125. The Morgan fingerprint density at radius 2 is 1.71 bits per heavy atom. The molecule has 5 rings (SSSR count). The zero-order chi connectivity index (χ0) is 21.5. The molecule has 1 aliphatic heterocycles. The van der Waals surface area contributed by atoms with Gasteiger partial charge in [0.05, 0.1) is 0 Å². The maximum Gasteiger partial charge on any atom is 0.416 e. The summed E-state index contributed by atoms with van der Waals surface area (Å²) in [5, 5.41) is 2.39. The number of nitrogens with one attached hydrogen (secondary N) is 1. The molecule has 3 aromatic carbocycles. The Kier molecular flexibility index (Phi) is 5.58. The van der Waals surface area contributed by atoms with Crippen molar-refractivity contribution in [2.24, 2.45) is 0 Å². The van der Waals surface area contributed by atoms with Crippen molar-refractivity contribution in [2.75, 3.05) is 6.54 Å². The lowest BCUT2D eigenvalue weighted by Gasteiger charge is -2.35. The number of nitrogens with zero attached hydrogens (tertiary/aromatic N) is 1. The first-order chi connectivity index (χ1) is 15.0. The van der Waals surface area contributed by atoms with Crippen LogP contribution in [0.1, 0.15) is 22.9 Å². The summed E-state index contributed by atoms with van der Waals surface area (Å²) in [6.45, 7) is 0.537. The largest absolute Gasteiger partial charge is 0.416 e. The predicted octanol–water partition coefficient (Wildman–Crippen LogP) is 7.23. The number of rotatable bonds is 2. The van der Waals surface area contributed by atoms with Gasteiger partial charge < -0.3 is 9.72 Å². The van der Waals surface area contributed by atoms with E-state index in [2.05, 4.69) is 39.7 Å². The van der Waals surface area contributed by atoms with E-state index in [1.54, 1.807) is 29.2 Å². The third-order valence-electron chi connectivity index (χ3n) is 5.53. The summed E-state index contributed by atoms with van der Waals surface area (Å²) >= 11 is 14.5. The van der Waals surface area contributed by atoms with Gasteiger partial charge in [-0.15, -0.1) is 0 Å². The van der Waals surface area contributed by atoms with Gasteiger partial charge >= 0.3 is 6.09 Å². The number of aromatic nitrogens is 1. The molecule has 1 unspecified atom stereocenters. The van der Waals surface area contributed by atoms with Crippen molar-refractivity contribution < 1.29 is 9.53 Å². The highest BCUT2D eigenvalue weighted by molar-refractivity contribution is 14.1. The van der Waals surface area contributed by atoms with E-state index in [-0.39, 0.29) is 6.04 Å². The zero-order valence-corrected chi connectivity index (χ0v) is 19.9. The molecule has 0 radical (unpaired) electrons. The maximum absolute atomic E-state index is 13.2. The summed E-state index contributed by atoms with van der Waals surface area (Å²) < 4.78 is 6.82. The summed E-state index contributed by atoms with van der Waals surface area (Å²) in [6.07, 6.45) is 0.319. The summed E-state index contributed by atoms with van der Waals surface area (Å²) in [4.78, 5) is 18.5. The summed E-state index contributed by atoms with van der Waals surface area (Å²) in [6, 6.07) is 20.6. The fourth-order valence-electron chi connectivity index (χ4n) is 4.11. The summed E-state index contributed by atoms with van der Waals surface area (Å²) in [5.41, 5.74) is 4.22. The molecule has 31 heavy (non-hydrogen) atoms. The number of benzene rings is 3. The van der Waals surface area contributed by atoms with Gasteiger partial charge in [0.1, 0.15) is 11.8 Å². The van der Waals surface area contributed by atoms with Crippen molar-refractivity contribution >= 4 is 62.8 Å². The van der Waals surface area contributed by atoms with E-state index in [0.29, 0.717) is 28.8 Å². The molecule has 7 heteroatoms. The minimum Gasteiger partial charge on any atom is -0.410 e. The molecule has 156 valence electrons. The molecular formula is C24H17Cl2IN2O2. The molecule has 0 bridgehead atoms. The fourth-order valence-corrected chi connectivity index (χ4v) is 4.77. The van der Waals surface area contributed by atoms with Crippen LogP contribution in [0.5, 0.6) is 5.75 Å². The first kappa shape index (κ1) is 20.7. The van der Waals surface area contributed by atoms with Gasteiger partial charge in [0.2, 0.25) is 0 Å². The van der Waals surface area contributed by atoms with Crippen LogP contribution >= 0.6 is 45.8 Å². The van der Waals surface area contributed by atoms with Crippen molar-refractivity contribution in [3.05, 3.63) is 97.2 Å². The quantitative estimate of drug-likeness (QED) is 0.262. The van der Waals surface area contributed by atoms with Crippen LogP contribution in [0.4, 0.5) is 4.79 Å². The van der Waals surface area contributed by atoms with Crippen molar-refractivity contribution in [3.8, 4) is 5.75 Å². The van der Waals surface area contributed by atoms with Crippen molar-refractivity contribution in [1.29, 1.82) is 0 Å². The van der Waals surface area contributed by atoms with E-state index in [9.17, 15) is 4.79 Å². The average molecular weight is 563 g/mol. The minimum atomic E-state index is -0.395. The molecule has 0 saturated heterocycles. The van der Waals surface area contributed by atoms with Crippen LogP contribution in [-0.4, -0.2) is 22.5 Å². The molecule has 0 fully saturated rings. The van der Waals surface area contributed by atoms with Gasteiger partial charge in [0.25, 0.3) is 0 Å². The molecule has 0 saturated carbocycles. The van der Waals surface area contributed by atoms with Gasteiger partial charge in [-0.05, 0) is 94.7 Å². The number of hydrogen-bond acceptors (Lipinski definition) is 2. The molecule has 1 amide bonds. The van der Waals surface area contributed by atoms with Crippen LogP contribution < -0.4 is 4.74 Å². The Morgan fingerprint density at radius 3 is 2.45 bits per heavy atom. The second kappa shape index (κ2) is 8.37. The Labute approximate surface area is 203 Å². The Bertz CT molecular complexity index is 1270. The van der Waals surface area contributed by atoms with Crippen LogP contribution in [0.15, 0.2) is 66.7 Å². The van der Waals surface area contributed by atoms with E-state index in [1.165, 1.54) is 5.56 Å². The van der Waals surface area contributed by atoms with Crippen molar-refractivity contribution in [3.63, 3.8) is 0 Å². The second-order valence-electron chi connectivity index (χ2n) is 7.43. The Balaban J connectivity index is 1.58. The predicted molar refractivity (Wildman–Crippen MR) is 132 cm³/mol. The monoisotopic (exact) mass is 562 g/mol. The second-order valence-corrected chi connectivity index (χ2v) is 9.55. The average Bonchev–Trinajstić information content (AvgIpc) is 3.13. The SMILES string of the molecule is O=C(Oc1ccc(Cl)cc1)N1CCc2c([nH]c3ccc(Cl)cc23)C1c1ccc(I)cc1. The first-order valence-corrected chi connectivity index (χ1v) is 11.6. The molecule has 1 aliphatic rings. The number of hydrogen-bond donors (Lipinski definition) is 1. The van der Waals surface area contributed by atoms with Gasteiger partial charge in [0, 0.05) is 36.8 Å². The van der Waals surface area contributed by atoms with E-state index in [1.807, 2.05) is 30.3 Å². The van der Waals surface area contributed by atoms with Crippen molar-refractivity contribution in [2.45, 2.75) is 12.5 Å². The third-order valence-corrected chi connectivity index (χ3v) is 6.73. The molecule has 4 aromatic rings. The number of amides is 1. The number of fused-ring (bicyclic) bond motifs is 3. The number of aromatic amines is 1. The molecule has 2 heterocycles. The topological polar surface area (TPSA) is 45.3 Å². The molecular weight excluding hydrogens is 546 g/mol. The van der Waals surface area contributed by atoms with Crippen LogP contribution in [0.2, 0.25) is 10.0 Å². The summed E-state index contributed by atoms with van der Waals surface area (Å²) in [5.74, 6) is 0.463. The van der Waals surface area contributed by atoms with Gasteiger partial charge in [-0.25, -0.2) is 4.79 Å². The lowest BCUT2D eigenvalue weighted by Crippen LogP contribution is -2.42. The Hall–Kier alpha value is -2.22. The molecule has 1 atom stereocenters. The van der Waals surface area contributed by atoms with Gasteiger partial charge in [0.15, 0.2) is 0 Å². The van der Waals surface area contributed by atoms with Crippen LogP contribution in [0.3, 0.4) is 0 Å². The molecule has 0 spiro atoms. The molecule has 4 nitrogen and oxygen atoms in total. The number of carbonyl (C=O) groups excluding carboxylic acids is 1. The third kappa shape index (κ3) is 4.02. The van der Waals surface area contributed by atoms with Gasteiger partial charge in [-0.2, -0.15) is 0 Å². The number of ether oxygens (including phenoxy) is 1. The zero-order valence-electron chi connectivity index (χ0n) is 16.2. The van der Waals surface area contributed by atoms with Gasteiger partial charge in [-0.1, -0.05) is 35.3 Å². The van der Waals surface area contributed by atoms with Crippen molar-refractivity contribution in [1.82, 2.24) is 9.88 Å². The lowest BCUT2D eigenvalue weighted by molar-refractivity contribution is 0.135. The molecule has 0 aliphatic carbocycles. The maximum atomic E-state index is 13.2. The van der Waals surface area contributed by atoms with Crippen LogP contribution in [0.25, 0.3) is 10.9 Å². The number of H-pyrrole nitrogens is 1. The van der Waals surface area contributed by atoms with E-state index in [0.717, 1.165) is 25.7 Å². The van der Waals surface area contributed by atoms with E-state index in [4.69, 9.17) is 27.9 Å². The van der Waals surface area contributed by atoms with Crippen LogP contribution in [-0.2, 0) is 6.42 Å². The number of carbonyl (C=O) groups is 1. The Morgan fingerprint density at radius 1 is 1.00 bits per heavy atom. The number of halogens is 3.